The maximum absolute atomic E-state index is 12.7. The van der Waals surface area contributed by atoms with Crippen LogP contribution in [0.3, 0.4) is 0 Å². The van der Waals surface area contributed by atoms with Crippen LogP contribution in [0.5, 0.6) is 0 Å². The van der Waals surface area contributed by atoms with E-state index in [-0.39, 0.29) is 6.03 Å². The van der Waals surface area contributed by atoms with E-state index in [9.17, 15) is 4.79 Å². The number of benzene rings is 1. The molecule has 3 rings (SSSR count). The summed E-state index contributed by atoms with van der Waals surface area (Å²) in [6.45, 7) is 6.44. The average Bonchev–Trinajstić information content (AvgIpc) is 2.63. The molecule has 0 saturated carbocycles. The second-order valence-electron chi connectivity index (χ2n) is 7.21. The molecule has 0 aromatic heterocycles. The van der Waals surface area contributed by atoms with Gasteiger partial charge in [-0.1, -0.05) is 12.1 Å². The summed E-state index contributed by atoms with van der Waals surface area (Å²) in [4.78, 5) is 19.2. The van der Waals surface area contributed by atoms with Gasteiger partial charge < -0.3 is 19.9 Å². The number of rotatable bonds is 4. The monoisotopic (exact) mass is 346 g/mol. The highest BCUT2D eigenvalue weighted by molar-refractivity contribution is 5.93. The lowest BCUT2D eigenvalue weighted by Gasteiger charge is -2.36. The fraction of sp³-hybridized carbons (Fsp3) is 0.632. The SMILES string of the molecule is CN(C)c1ccccc1NC(=O)N1CCC[C@@H](CN2CCOCC2)C1. The number of nitrogens with one attached hydrogen (secondary N) is 1. The Bertz CT molecular complexity index is 572. The van der Waals surface area contributed by atoms with Crippen molar-refractivity contribution in [1.29, 1.82) is 0 Å². The van der Waals surface area contributed by atoms with Crippen LogP contribution in [0.2, 0.25) is 0 Å². The molecule has 0 radical (unpaired) electrons. The quantitative estimate of drug-likeness (QED) is 0.909. The molecular weight excluding hydrogens is 316 g/mol. The minimum absolute atomic E-state index is 0.0148. The number of urea groups is 1. The van der Waals surface area contributed by atoms with E-state index >= 15 is 0 Å². The summed E-state index contributed by atoms with van der Waals surface area (Å²) in [7, 11) is 3.98. The van der Waals surface area contributed by atoms with Crippen LogP contribution >= 0.6 is 0 Å². The van der Waals surface area contributed by atoms with Gasteiger partial charge in [-0.2, -0.15) is 0 Å². The van der Waals surface area contributed by atoms with E-state index in [2.05, 4.69) is 10.2 Å². The molecule has 0 aliphatic carbocycles. The zero-order valence-corrected chi connectivity index (χ0v) is 15.4. The number of likely N-dealkylation sites (tertiary alicyclic amines) is 1. The third kappa shape index (κ3) is 4.86. The van der Waals surface area contributed by atoms with Crippen molar-refractivity contribution in [1.82, 2.24) is 9.80 Å². The number of anilines is 2. The van der Waals surface area contributed by atoms with E-state index in [0.29, 0.717) is 5.92 Å². The molecule has 2 aliphatic heterocycles. The fourth-order valence-electron chi connectivity index (χ4n) is 3.71. The van der Waals surface area contributed by atoms with Crippen LogP contribution in [0.1, 0.15) is 12.8 Å². The molecule has 1 N–H and O–H groups in total. The van der Waals surface area contributed by atoms with Crippen molar-refractivity contribution < 1.29 is 9.53 Å². The molecule has 0 spiro atoms. The molecule has 6 heteroatoms. The predicted octanol–water partition coefficient (Wildman–Crippen LogP) is 2.33. The molecule has 2 heterocycles. The maximum Gasteiger partial charge on any atom is 0.321 e. The summed E-state index contributed by atoms with van der Waals surface area (Å²) < 4.78 is 5.42. The Morgan fingerprint density at radius 2 is 2.00 bits per heavy atom. The molecule has 0 bridgehead atoms. The number of nitrogens with zero attached hydrogens (tertiary/aromatic N) is 3. The van der Waals surface area contributed by atoms with Crippen molar-refractivity contribution in [2.75, 3.05) is 70.2 Å². The number of ether oxygens (including phenoxy) is 1. The first-order chi connectivity index (χ1) is 12.1. The van der Waals surface area contributed by atoms with Gasteiger partial charge in [0.1, 0.15) is 0 Å². The van der Waals surface area contributed by atoms with Gasteiger partial charge in [0, 0.05) is 46.8 Å². The van der Waals surface area contributed by atoms with E-state index in [4.69, 9.17) is 4.74 Å². The van der Waals surface area contributed by atoms with Crippen molar-refractivity contribution in [3.05, 3.63) is 24.3 Å². The maximum atomic E-state index is 12.7. The molecule has 1 atom stereocenters. The molecule has 138 valence electrons. The van der Waals surface area contributed by atoms with Gasteiger partial charge in [-0.05, 0) is 30.9 Å². The highest BCUT2D eigenvalue weighted by Crippen LogP contribution is 2.25. The molecule has 1 aromatic rings. The smallest absolute Gasteiger partial charge is 0.321 e. The summed E-state index contributed by atoms with van der Waals surface area (Å²) in [5.41, 5.74) is 1.89. The largest absolute Gasteiger partial charge is 0.379 e. The van der Waals surface area contributed by atoms with Crippen molar-refractivity contribution in [2.24, 2.45) is 5.92 Å². The Kier molecular flexibility index (Phi) is 6.15. The molecule has 2 fully saturated rings. The Balaban J connectivity index is 1.56. The topological polar surface area (TPSA) is 48.1 Å². The molecule has 0 unspecified atom stereocenters. The molecule has 1 aromatic carbocycles. The average molecular weight is 346 g/mol. The van der Waals surface area contributed by atoms with Crippen LogP contribution in [0.4, 0.5) is 16.2 Å². The molecule has 2 saturated heterocycles. The normalized spacial score (nSPS) is 21.8. The summed E-state index contributed by atoms with van der Waals surface area (Å²) in [6, 6.07) is 7.95. The number of amides is 2. The van der Waals surface area contributed by atoms with Crippen LogP contribution in [-0.4, -0.2) is 75.9 Å². The molecule has 2 amide bonds. The minimum Gasteiger partial charge on any atom is -0.379 e. The van der Waals surface area contributed by atoms with E-state index in [0.717, 1.165) is 63.7 Å². The summed E-state index contributed by atoms with van der Waals surface area (Å²) in [5.74, 6) is 0.557. The van der Waals surface area contributed by atoms with Gasteiger partial charge in [-0.15, -0.1) is 0 Å². The third-order valence-electron chi connectivity index (χ3n) is 5.05. The lowest BCUT2D eigenvalue weighted by molar-refractivity contribution is 0.0252. The highest BCUT2D eigenvalue weighted by Gasteiger charge is 2.26. The van der Waals surface area contributed by atoms with Gasteiger partial charge in [0.05, 0.1) is 24.6 Å². The molecule has 25 heavy (non-hydrogen) atoms. The molecule has 6 nitrogen and oxygen atoms in total. The zero-order valence-electron chi connectivity index (χ0n) is 15.4. The van der Waals surface area contributed by atoms with Crippen molar-refractivity contribution in [2.45, 2.75) is 12.8 Å². The van der Waals surface area contributed by atoms with E-state index < -0.39 is 0 Å². The molecular formula is C19H30N4O2. The van der Waals surface area contributed by atoms with Gasteiger partial charge in [0.2, 0.25) is 0 Å². The van der Waals surface area contributed by atoms with Gasteiger partial charge in [0.25, 0.3) is 0 Å². The number of piperidine rings is 1. The number of morpholine rings is 1. The summed E-state index contributed by atoms with van der Waals surface area (Å²) >= 11 is 0. The van der Waals surface area contributed by atoms with Crippen LogP contribution in [0, 0.1) is 5.92 Å². The Hall–Kier alpha value is -1.79. The van der Waals surface area contributed by atoms with Crippen molar-refractivity contribution >= 4 is 17.4 Å². The minimum atomic E-state index is 0.0148. The lowest BCUT2D eigenvalue weighted by Crippen LogP contribution is -2.47. The Labute approximate surface area is 150 Å². The van der Waals surface area contributed by atoms with Gasteiger partial charge in [0.15, 0.2) is 0 Å². The number of hydrogen-bond donors (Lipinski definition) is 1. The predicted molar refractivity (Wildman–Crippen MR) is 101 cm³/mol. The first-order valence-electron chi connectivity index (χ1n) is 9.26. The van der Waals surface area contributed by atoms with E-state index in [1.54, 1.807) is 0 Å². The van der Waals surface area contributed by atoms with Crippen LogP contribution in [-0.2, 0) is 4.74 Å². The van der Waals surface area contributed by atoms with Crippen LogP contribution in [0.15, 0.2) is 24.3 Å². The Morgan fingerprint density at radius 3 is 2.76 bits per heavy atom. The standard InChI is InChI=1S/C19H30N4O2/c1-21(2)18-8-4-3-7-17(18)20-19(24)23-9-5-6-16(15-23)14-22-10-12-25-13-11-22/h3-4,7-8,16H,5-6,9-15H2,1-2H3,(H,20,24)/t16-/m0/s1. The van der Waals surface area contributed by atoms with Crippen LogP contribution < -0.4 is 10.2 Å². The van der Waals surface area contributed by atoms with E-state index in [1.165, 1.54) is 6.42 Å². The zero-order chi connectivity index (χ0) is 17.6. The Morgan fingerprint density at radius 1 is 1.24 bits per heavy atom. The second-order valence-corrected chi connectivity index (χ2v) is 7.21. The van der Waals surface area contributed by atoms with Crippen molar-refractivity contribution in [3.63, 3.8) is 0 Å². The van der Waals surface area contributed by atoms with Crippen LogP contribution in [0.25, 0.3) is 0 Å². The first kappa shape index (κ1) is 18.0. The fourth-order valence-corrected chi connectivity index (χ4v) is 3.71. The first-order valence-corrected chi connectivity index (χ1v) is 9.26. The van der Waals surface area contributed by atoms with Gasteiger partial charge in [-0.3, -0.25) is 4.90 Å². The molecule has 2 aliphatic rings. The van der Waals surface area contributed by atoms with Gasteiger partial charge >= 0.3 is 6.03 Å². The third-order valence-corrected chi connectivity index (χ3v) is 5.05. The summed E-state index contributed by atoms with van der Waals surface area (Å²) in [6.07, 6.45) is 2.28. The number of carbonyl (C=O) groups excluding carboxylic acids is 1. The number of hydrogen-bond acceptors (Lipinski definition) is 4. The lowest BCUT2D eigenvalue weighted by atomic mass is 9.97. The van der Waals surface area contributed by atoms with Gasteiger partial charge in [-0.25, -0.2) is 4.79 Å². The van der Waals surface area contributed by atoms with E-state index in [1.807, 2.05) is 48.2 Å². The number of carbonyl (C=O) groups is 1. The highest BCUT2D eigenvalue weighted by atomic mass is 16.5. The number of para-hydroxylation sites is 2. The summed E-state index contributed by atoms with van der Waals surface area (Å²) in [5, 5.41) is 3.10. The second kappa shape index (κ2) is 8.54. The van der Waals surface area contributed by atoms with Crippen molar-refractivity contribution in [3.8, 4) is 0 Å².